The molecule has 0 unspecified atom stereocenters. The van der Waals surface area contributed by atoms with E-state index in [-0.39, 0.29) is 5.56 Å². The van der Waals surface area contributed by atoms with E-state index in [1.807, 2.05) is 41.8 Å². The van der Waals surface area contributed by atoms with Crippen LogP contribution in [0.25, 0.3) is 34.7 Å². The number of rotatable bonds is 5. The number of thiophene rings is 1. The van der Waals surface area contributed by atoms with E-state index in [2.05, 4.69) is 9.97 Å². The van der Waals surface area contributed by atoms with Crippen molar-refractivity contribution < 1.29 is 19.4 Å². The van der Waals surface area contributed by atoms with E-state index >= 15 is 0 Å². The van der Waals surface area contributed by atoms with Crippen LogP contribution < -0.4 is 9.47 Å². The van der Waals surface area contributed by atoms with Gasteiger partial charge in [-0.1, -0.05) is 18.2 Å². The average molecular weight is 442 g/mol. The van der Waals surface area contributed by atoms with Crippen LogP contribution in [0.1, 0.15) is 20.8 Å². The maximum atomic E-state index is 11.1. The zero-order chi connectivity index (χ0) is 21.9. The molecule has 1 aliphatic rings. The number of benzene rings is 1. The number of ether oxygens (including phenoxy) is 2. The standard InChI is InChI=1S/C25H18N2O4S/c28-25(29)18-4-2-17(3-5-18)19-8-10-27-21(14-19)20-13-16(7-9-26-20)1-6-23-24-22(15-32-23)30-11-12-31-24/h1-10,13-15H,11-12H2,(H,28,29)/b6-1+. The Bertz CT molecular complexity index is 1310. The fourth-order valence-corrected chi connectivity index (χ4v) is 4.24. The van der Waals surface area contributed by atoms with Crippen molar-refractivity contribution in [2.24, 2.45) is 0 Å². The van der Waals surface area contributed by atoms with Crippen LogP contribution in [0.4, 0.5) is 0 Å². The average Bonchev–Trinajstić information content (AvgIpc) is 3.26. The lowest BCUT2D eigenvalue weighted by Gasteiger charge is -2.15. The minimum absolute atomic E-state index is 0.258. The van der Waals surface area contributed by atoms with Crippen LogP contribution in [0.15, 0.2) is 66.3 Å². The van der Waals surface area contributed by atoms with Crippen molar-refractivity contribution in [2.75, 3.05) is 13.2 Å². The SMILES string of the molecule is O=C(O)c1ccc(-c2ccnc(-c3cc(/C=C/c4scc5c4OCCO5)ccn3)c2)cc1. The second-order valence-corrected chi connectivity index (χ2v) is 8.02. The Morgan fingerprint density at radius 2 is 1.66 bits per heavy atom. The minimum Gasteiger partial charge on any atom is -0.485 e. The van der Waals surface area contributed by atoms with Gasteiger partial charge in [-0.05, 0) is 59.2 Å². The number of carboxylic acid groups (broad SMARTS) is 1. The Morgan fingerprint density at radius 3 is 2.47 bits per heavy atom. The molecule has 32 heavy (non-hydrogen) atoms. The number of nitrogens with zero attached hydrogens (tertiary/aromatic N) is 2. The van der Waals surface area contributed by atoms with E-state index in [0.29, 0.717) is 13.2 Å². The van der Waals surface area contributed by atoms with E-state index in [0.717, 1.165) is 44.5 Å². The topological polar surface area (TPSA) is 81.5 Å². The maximum Gasteiger partial charge on any atom is 0.335 e. The third-order valence-corrected chi connectivity index (χ3v) is 5.93. The first kappa shape index (κ1) is 20.0. The molecule has 1 aromatic carbocycles. The molecule has 0 bridgehead atoms. The number of carbonyl (C=O) groups is 1. The molecule has 0 saturated heterocycles. The van der Waals surface area contributed by atoms with Crippen LogP contribution in [0, 0.1) is 0 Å². The molecule has 0 fully saturated rings. The lowest BCUT2D eigenvalue weighted by molar-refractivity contribution is 0.0697. The van der Waals surface area contributed by atoms with Gasteiger partial charge in [0, 0.05) is 17.8 Å². The van der Waals surface area contributed by atoms with Gasteiger partial charge in [0.25, 0.3) is 0 Å². The lowest BCUT2D eigenvalue weighted by Crippen LogP contribution is -2.14. The van der Waals surface area contributed by atoms with Crippen molar-refractivity contribution in [3.63, 3.8) is 0 Å². The first-order valence-electron chi connectivity index (χ1n) is 9.99. The van der Waals surface area contributed by atoms with Gasteiger partial charge in [-0.25, -0.2) is 4.79 Å². The largest absolute Gasteiger partial charge is 0.485 e. The molecule has 0 radical (unpaired) electrons. The lowest BCUT2D eigenvalue weighted by atomic mass is 10.0. The summed E-state index contributed by atoms with van der Waals surface area (Å²) in [7, 11) is 0. The van der Waals surface area contributed by atoms with Gasteiger partial charge in [-0.15, -0.1) is 11.3 Å². The van der Waals surface area contributed by atoms with Crippen LogP contribution in [0.5, 0.6) is 11.5 Å². The van der Waals surface area contributed by atoms with Gasteiger partial charge in [-0.2, -0.15) is 0 Å². The molecule has 1 aliphatic heterocycles. The van der Waals surface area contributed by atoms with Gasteiger partial charge in [0.05, 0.1) is 21.8 Å². The molecule has 6 nitrogen and oxygen atoms in total. The molecular formula is C25H18N2O4S. The van der Waals surface area contributed by atoms with Crippen LogP contribution in [0.2, 0.25) is 0 Å². The Hall–Kier alpha value is -3.97. The van der Waals surface area contributed by atoms with Gasteiger partial charge in [0.2, 0.25) is 0 Å². The van der Waals surface area contributed by atoms with E-state index in [1.165, 1.54) is 0 Å². The number of pyridine rings is 2. The Kier molecular flexibility index (Phi) is 5.39. The highest BCUT2D eigenvalue weighted by molar-refractivity contribution is 7.11. The normalized spacial score (nSPS) is 12.8. The summed E-state index contributed by atoms with van der Waals surface area (Å²) in [4.78, 5) is 21.1. The molecule has 0 amide bonds. The Balaban J connectivity index is 1.40. The summed E-state index contributed by atoms with van der Waals surface area (Å²) in [5.74, 6) is 0.659. The number of hydrogen-bond acceptors (Lipinski definition) is 6. The molecule has 4 heterocycles. The third-order valence-electron chi connectivity index (χ3n) is 5.03. The van der Waals surface area contributed by atoms with E-state index in [1.54, 1.807) is 48.0 Å². The quantitative estimate of drug-likeness (QED) is 0.439. The highest BCUT2D eigenvalue weighted by Gasteiger charge is 2.16. The first-order valence-corrected chi connectivity index (χ1v) is 10.9. The van der Waals surface area contributed by atoms with E-state index in [9.17, 15) is 4.79 Å². The van der Waals surface area contributed by atoms with Crippen molar-refractivity contribution in [3.8, 4) is 34.0 Å². The maximum absolute atomic E-state index is 11.1. The van der Waals surface area contributed by atoms with E-state index < -0.39 is 5.97 Å². The first-order chi connectivity index (χ1) is 15.7. The van der Waals surface area contributed by atoms with Crippen molar-refractivity contribution in [1.29, 1.82) is 0 Å². The fourth-order valence-electron chi connectivity index (χ4n) is 3.42. The second-order valence-electron chi connectivity index (χ2n) is 7.11. The predicted molar refractivity (Wildman–Crippen MR) is 124 cm³/mol. The molecule has 4 aromatic rings. The zero-order valence-electron chi connectivity index (χ0n) is 16.9. The Labute approximate surface area is 188 Å². The number of hydrogen-bond donors (Lipinski definition) is 1. The monoisotopic (exact) mass is 442 g/mol. The van der Waals surface area contributed by atoms with Gasteiger partial charge < -0.3 is 14.6 Å². The predicted octanol–water partition coefficient (Wildman–Crippen LogP) is 5.51. The van der Waals surface area contributed by atoms with Crippen LogP contribution >= 0.6 is 11.3 Å². The second kappa shape index (κ2) is 8.64. The highest BCUT2D eigenvalue weighted by Crippen LogP contribution is 2.40. The molecular weight excluding hydrogens is 424 g/mol. The van der Waals surface area contributed by atoms with Crippen molar-refractivity contribution in [1.82, 2.24) is 9.97 Å². The molecule has 5 rings (SSSR count). The van der Waals surface area contributed by atoms with Crippen molar-refractivity contribution in [2.45, 2.75) is 0 Å². The summed E-state index contributed by atoms with van der Waals surface area (Å²) in [6, 6.07) is 14.5. The molecule has 0 spiro atoms. The molecule has 0 atom stereocenters. The number of aromatic carboxylic acids is 1. The highest BCUT2D eigenvalue weighted by atomic mass is 32.1. The molecule has 0 saturated carbocycles. The summed E-state index contributed by atoms with van der Waals surface area (Å²) in [6.45, 7) is 1.14. The van der Waals surface area contributed by atoms with E-state index in [4.69, 9.17) is 14.6 Å². The molecule has 7 heteroatoms. The summed E-state index contributed by atoms with van der Waals surface area (Å²) in [5, 5.41) is 11.1. The fraction of sp³-hybridized carbons (Fsp3) is 0.0800. The van der Waals surface area contributed by atoms with Crippen LogP contribution in [-0.4, -0.2) is 34.3 Å². The number of aromatic nitrogens is 2. The zero-order valence-corrected chi connectivity index (χ0v) is 17.7. The van der Waals surface area contributed by atoms with Crippen LogP contribution in [-0.2, 0) is 0 Å². The molecule has 3 aromatic heterocycles. The van der Waals surface area contributed by atoms with Crippen LogP contribution in [0.3, 0.4) is 0 Å². The summed E-state index contributed by atoms with van der Waals surface area (Å²) >= 11 is 1.59. The minimum atomic E-state index is -0.941. The molecule has 158 valence electrons. The summed E-state index contributed by atoms with van der Waals surface area (Å²) < 4.78 is 11.3. The van der Waals surface area contributed by atoms with Gasteiger partial charge in [0.15, 0.2) is 11.5 Å². The molecule has 1 N–H and O–H groups in total. The Morgan fingerprint density at radius 1 is 0.906 bits per heavy atom. The van der Waals surface area contributed by atoms with Crippen molar-refractivity contribution >= 4 is 29.5 Å². The number of fused-ring (bicyclic) bond motifs is 1. The summed E-state index contributed by atoms with van der Waals surface area (Å²) in [6.07, 6.45) is 7.53. The van der Waals surface area contributed by atoms with Gasteiger partial charge in [0.1, 0.15) is 13.2 Å². The smallest absolute Gasteiger partial charge is 0.335 e. The van der Waals surface area contributed by atoms with Gasteiger partial charge in [-0.3, -0.25) is 9.97 Å². The van der Waals surface area contributed by atoms with Crippen molar-refractivity contribution in [3.05, 3.63) is 82.3 Å². The number of carboxylic acids is 1. The summed E-state index contributed by atoms with van der Waals surface area (Å²) in [5.41, 5.74) is 4.60. The molecule has 0 aliphatic carbocycles. The van der Waals surface area contributed by atoms with Gasteiger partial charge >= 0.3 is 5.97 Å². The third kappa shape index (κ3) is 4.10.